The summed E-state index contributed by atoms with van der Waals surface area (Å²) in [5.41, 5.74) is 3.53. The summed E-state index contributed by atoms with van der Waals surface area (Å²) in [6.07, 6.45) is 6.45. The second-order valence-electron chi connectivity index (χ2n) is 9.70. The van der Waals surface area contributed by atoms with Crippen molar-refractivity contribution in [3.63, 3.8) is 0 Å². The van der Waals surface area contributed by atoms with E-state index in [1.807, 2.05) is 6.07 Å². The molecule has 1 amide bonds. The lowest BCUT2D eigenvalue weighted by Gasteiger charge is -2.32. The number of carbonyl (C=O) groups excluding carboxylic acids is 1. The van der Waals surface area contributed by atoms with Crippen molar-refractivity contribution in [3.05, 3.63) is 54.0 Å². The normalized spacial score (nSPS) is 20.9. The molecule has 2 saturated heterocycles. The maximum Gasteiger partial charge on any atom is 0.246 e. The lowest BCUT2D eigenvalue weighted by Crippen LogP contribution is -2.44. The van der Waals surface area contributed by atoms with E-state index in [-0.39, 0.29) is 17.8 Å². The van der Waals surface area contributed by atoms with Crippen molar-refractivity contribution in [2.45, 2.75) is 44.8 Å². The summed E-state index contributed by atoms with van der Waals surface area (Å²) in [5, 5.41) is 6.39. The zero-order valence-corrected chi connectivity index (χ0v) is 20.0. The van der Waals surface area contributed by atoms with Crippen LogP contribution in [0.3, 0.4) is 0 Å². The Labute approximate surface area is 205 Å². The predicted molar refractivity (Wildman–Crippen MR) is 133 cm³/mol. The minimum atomic E-state index is -0.513. The highest BCUT2D eigenvalue weighted by atomic mass is 19.1. The molecule has 1 aromatic carbocycles. The molecule has 0 spiro atoms. The van der Waals surface area contributed by atoms with Crippen LogP contribution in [0.1, 0.15) is 36.8 Å². The lowest BCUT2D eigenvalue weighted by molar-refractivity contribution is -0.127. The number of ether oxygens (including phenoxy) is 1. The molecule has 186 valence electrons. The average Bonchev–Trinajstić information content (AvgIpc) is 3.28. The summed E-state index contributed by atoms with van der Waals surface area (Å²) in [7, 11) is 0. The van der Waals surface area contributed by atoms with Gasteiger partial charge in [-0.1, -0.05) is 12.6 Å². The van der Waals surface area contributed by atoms with Crippen LogP contribution in [0.4, 0.5) is 21.8 Å². The molecular formula is C26H33FN6O2. The van der Waals surface area contributed by atoms with Crippen LogP contribution in [0, 0.1) is 11.7 Å². The molecule has 1 atom stereocenters. The van der Waals surface area contributed by atoms with Gasteiger partial charge in [-0.15, -0.1) is 0 Å². The van der Waals surface area contributed by atoms with Crippen molar-refractivity contribution in [1.29, 1.82) is 0 Å². The fourth-order valence-corrected chi connectivity index (χ4v) is 5.24. The molecule has 0 bridgehead atoms. The number of piperidine rings is 1. The number of halogens is 1. The standard InChI is InChI=1S/C26H33FN6O2/c1-2-24(34)33-9-3-4-22(17-33)29-25-23(27)13-28-26(31-25)30-21-6-5-19-15-32(16-20(19)12-21)14-18-7-10-35-11-8-18/h2,5-6,12-13,18,22H,1,3-4,7-11,14-17H2,(H2,28,29,30,31). The maximum atomic E-state index is 14.5. The fraction of sp³-hybridized carbons (Fsp3) is 0.500. The van der Waals surface area contributed by atoms with Gasteiger partial charge in [0.15, 0.2) is 11.6 Å². The largest absolute Gasteiger partial charge is 0.381 e. The van der Waals surface area contributed by atoms with E-state index in [0.29, 0.717) is 25.0 Å². The third-order valence-corrected chi connectivity index (χ3v) is 7.10. The minimum absolute atomic E-state index is 0.0772. The molecule has 1 unspecified atom stereocenters. The van der Waals surface area contributed by atoms with Gasteiger partial charge in [0.2, 0.25) is 11.9 Å². The molecule has 2 aromatic rings. The molecule has 0 aliphatic carbocycles. The smallest absolute Gasteiger partial charge is 0.246 e. The van der Waals surface area contributed by atoms with Crippen LogP contribution >= 0.6 is 0 Å². The first-order valence-electron chi connectivity index (χ1n) is 12.5. The number of hydrogen-bond acceptors (Lipinski definition) is 7. The van der Waals surface area contributed by atoms with Gasteiger partial charge < -0.3 is 20.3 Å². The highest BCUT2D eigenvalue weighted by Crippen LogP contribution is 2.29. The highest BCUT2D eigenvalue weighted by molar-refractivity contribution is 5.87. The van der Waals surface area contributed by atoms with E-state index in [9.17, 15) is 9.18 Å². The molecule has 2 N–H and O–H groups in total. The Morgan fingerprint density at radius 3 is 2.89 bits per heavy atom. The van der Waals surface area contributed by atoms with Crippen LogP contribution in [0.5, 0.6) is 0 Å². The third-order valence-electron chi connectivity index (χ3n) is 7.10. The number of hydrogen-bond donors (Lipinski definition) is 2. The van der Waals surface area contributed by atoms with Crippen molar-refractivity contribution in [3.8, 4) is 0 Å². The lowest BCUT2D eigenvalue weighted by atomic mass is 10.00. The molecule has 5 rings (SSSR count). The second kappa shape index (κ2) is 10.7. The first kappa shape index (κ1) is 23.7. The quantitative estimate of drug-likeness (QED) is 0.585. The van der Waals surface area contributed by atoms with Gasteiger partial charge in [-0.2, -0.15) is 4.98 Å². The van der Waals surface area contributed by atoms with Crippen molar-refractivity contribution in [2.24, 2.45) is 5.92 Å². The zero-order valence-electron chi connectivity index (χ0n) is 20.0. The summed E-state index contributed by atoms with van der Waals surface area (Å²) >= 11 is 0. The van der Waals surface area contributed by atoms with E-state index in [4.69, 9.17) is 4.74 Å². The van der Waals surface area contributed by atoms with Crippen LogP contribution in [0.2, 0.25) is 0 Å². The fourth-order valence-electron chi connectivity index (χ4n) is 5.24. The van der Waals surface area contributed by atoms with E-state index in [0.717, 1.165) is 64.2 Å². The molecule has 9 heteroatoms. The minimum Gasteiger partial charge on any atom is -0.381 e. The summed E-state index contributed by atoms with van der Waals surface area (Å²) in [6.45, 7) is 9.49. The molecule has 3 aliphatic rings. The first-order valence-corrected chi connectivity index (χ1v) is 12.5. The van der Waals surface area contributed by atoms with Crippen LogP contribution in [0.25, 0.3) is 0 Å². The van der Waals surface area contributed by atoms with Crippen molar-refractivity contribution < 1.29 is 13.9 Å². The Hall–Kier alpha value is -3.04. The zero-order chi connectivity index (χ0) is 24.2. The third kappa shape index (κ3) is 5.79. The number of nitrogens with zero attached hydrogens (tertiary/aromatic N) is 4. The Morgan fingerprint density at radius 2 is 2.06 bits per heavy atom. The van der Waals surface area contributed by atoms with Crippen LogP contribution < -0.4 is 10.6 Å². The highest BCUT2D eigenvalue weighted by Gasteiger charge is 2.25. The summed E-state index contributed by atoms with van der Waals surface area (Å²) in [4.78, 5) is 24.7. The van der Waals surface area contributed by atoms with Gasteiger partial charge in [-0.25, -0.2) is 9.37 Å². The maximum absolute atomic E-state index is 14.5. The number of aromatic nitrogens is 2. The number of anilines is 3. The van der Waals surface area contributed by atoms with E-state index >= 15 is 0 Å². The second-order valence-corrected chi connectivity index (χ2v) is 9.70. The van der Waals surface area contributed by atoms with Gasteiger partial charge in [-0.3, -0.25) is 9.69 Å². The molecule has 4 heterocycles. The van der Waals surface area contributed by atoms with E-state index < -0.39 is 5.82 Å². The van der Waals surface area contributed by atoms with Crippen molar-refractivity contribution in [2.75, 3.05) is 43.5 Å². The van der Waals surface area contributed by atoms with Crippen molar-refractivity contribution >= 4 is 23.4 Å². The number of carbonyl (C=O) groups is 1. The molecular weight excluding hydrogens is 447 g/mol. The number of fused-ring (bicyclic) bond motifs is 1. The Balaban J connectivity index is 1.21. The van der Waals surface area contributed by atoms with Crippen LogP contribution in [0.15, 0.2) is 37.1 Å². The predicted octanol–water partition coefficient (Wildman–Crippen LogP) is 3.69. The van der Waals surface area contributed by atoms with Crippen molar-refractivity contribution in [1.82, 2.24) is 19.8 Å². The topological polar surface area (TPSA) is 82.6 Å². The van der Waals surface area contributed by atoms with Gasteiger partial charge in [0.25, 0.3) is 0 Å². The number of benzene rings is 1. The number of rotatable bonds is 7. The monoisotopic (exact) mass is 480 g/mol. The molecule has 0 saturated carbocycles. The van der Waals surface area contributed by atoms with Gasteiger partial charge in [0, 0.05) is 57.7 Å². The first-order chi connectivity index (χ1) is 17.1. The SMILES string of the molecule is C=CC(=O)N1CCCC(Nc2nc(Nc3ccc4c(c3)CN(CC3CCOCC3)C4)ncc2F)C1. The summed E-state index contributed by atoms with van der Waals surface area (Å²) < 4.78 is 20.0. The molecule has 8 nitrogen and oxygen atoms in total. The van der Waals surface area contributed by atoms with Gasteiger partial charge in [0.05, 0.1) is 6.20 Å². The molecule has 1 aromatic heterocycles. The van der Waals surface area contributed by atoms with Gasteiger partial charge in [0.1, 0.15) is 0 Å². The van der Waals surface area contributed by atoms with Gasteiger partial charge >= 0.3 is 0 Å². The van der Waals surface area contributed by atoms with E-state index in [2.05, 4.69) is 44.2 Å². The summed E-state index contributed by atoms with van der Waals surface area (Å²) in [5.74, 6) is 0.565. The number of nitrogens with one attached hydrogen (secondary N) is 2. The Bertz CT molecular complexity index is 1070. The number of amides is 1. The molecule has 0 radical (unpaired) electrons. The Kier molecular flexibility index (Phi) is 7.24. The average molecular weight is 481 g/mol. The summed E-state index contributed by atoms with van der Waals surface area (Å²) in [6, 6.07) is 6.24. The van der Waals surface area contributed by atoms with E-state index in [1.165, 1.54) is 23.4 Å². The van der Waals surface area contributed by atoms with Gasteiger partial charge in [-0.05, 0) is 60.9 Å². The number of likely N-dealkylation sites (tertiary alicyclic amines) is 1. The molecule has 2 fully saturated rings. The van der Waals surface area contributed by atoms with E-state index in [1.54, 1.807) is 4.90 Å². The van der Waals surface area contributed by atoms with Crippen LogP contribution in [-0.2, 0) is 22.6 Å². The van der Waals surface area contributed by atoms with Crippen LogP contribution in [-0.4, -0.2) is 64.6 Å². The molecule has 35 heavy (non-hydrogen) atoms. The molecule has 3 aliphatic heterocycles. The Morgan fingerprint density at radius 1 is 1.23 bits per heavy atom.